The van der Waals surface area contributed by atoms with E-state index in [2.05, 4.69) is 191 Å². The second kappa shape index (κ2) is 63.3. The molecule has 0 saturated heterocycles. The monoisotopic (exact) mass is 1060 g/mol. The van der Waals surface area contributed by atoms with Crippen molar-refractivity contribution in [3.05, 3.63) is 170 Å². The van der Waals surface area contributed by atoms with Gasteiger partial charge in [-0.25, -0.2) is 0 Å². The maximum atomic E-state index is 12.9. The Morgan fingerprint density at radius 2 is 0.519 bits per heavy atom. The van der Waals surface area contributed by atoms with Gasteiger partial charge >= 0.3 is 17.9 Å². The molecule has 1 unspecified atom stereocenters. The first-order valence-corrected chi connectivity index (χ1v) is 30.6. The van der Waals surface area contributed by atoms with E-state index >= 15 is 0 Å². The lowest BCUT2D eigenvalue weighted by Gasteiger charge is -2.18. The molecule has 0 heterocycles. The number of unbranched alkanes of at least 4 members (excludes halogenated alkanes) is 14. The molecule has 77 heavy (non-hydrogen) atoms. The second-order valence-electron chi connectivity index (χ2n) is 19.5. The van der Waals surface area contributed by atoms with Crippen LogP contribution >= 0.6 is 0 Å². The highest BCUT2D eigenvalue weighted by Crippen LogP contribution is 2.13. The normalized spacial score (nSPS) is 13.3. The summed E-state index contributed by atoms with van der Waals surface area (Å²) >= 11 is 0. The number of carbonyl (C=O) groups is 3. The summed E-state index contributed by atoms with van der Waals surface area (Å²) in [6.07, 6.45) is 93.5. The van der Waals surface area contributed by atoms with E-state index in [4.69, 9.17) is 14.2 Å². The maximum Gasteiger partial charge on any atom is 0.306 e. The van der Waals surface area contributed by atoms with Crippen LogP contribution in [0.5, 0.6) is 0 Å². The fourth-order valence-corrected chi connectivity index (χ4v) is 7.66. The largest absolute Gasteiger partial charge is 0.462 e. The van der Waals surface area contributed by atoms with Crippen LogP contribution in [0.1, 0.15) is 239 Å². The van der Waals surface area contributed by atoms with Crippen molar-refractivity contribution in [3.63, 3.8) is 0 Å². The molecule has 0 aliphatic rings. The highest BCUT2D eigenvalue weighted by Gasteiger charge is 2.19. The van der Waals surface area contributed by atoms with Crippen molar-refractivity contribution in [2.45, 2.75) is 245 Å². The van der Waals surface area contributed by atoms with Gasteiger partial charge in [-0.1, -0.05) is 242 Å². The van der Waals surface area contributed by atoms with E-state index in [0.29, 0.717) is 12.8 Å². The van der Waals surface area contributed by atoms with E-state index in [1.807, 2.05) is 0 Å². The van der Waals surface area contributed by atoms with Gasteiger partial charge in [0.25, 0.3) is 0 Å². The SMILES string of the molecule is CC/C=C\C/C=C\C/C=C\C/C=C\C/C=C\C/C=C\C/C=C\CCCC(=O)OCC(COC(=O)CCCCCC/C=C\C/C=C\C/C=C\C/C=C\CC)OC(=O)CCCCCCCC/C=C\C/C=C\C/C=C\CCCCC. The predicted molar refractivity (Wildman–Crippen MR) is 334 cm³/mol. The van der Waals surface area contributed by atoms with Crippen molar-refractivity contribution in [3.8, 4) is 0 Å². The quantitative estimate of drug-likeness (QED) is 0.0261. The summed E-state index contributed by atoms with van der Waals surface area (Å²) in [7, 11) is 0. The van der Waals surface area contributed by atoms with Crippen LogP contribution in [0.25, 0.3) is 0 Å². The first-order chi connectivity index (χ1) is 38.0. The molecule has 0 fully saturated rings. The fraction of sp³-hybridized carbons (Fsp3) is 0.563. The molecule has 0 aliphatic heterocycles. The van der Waals surface area contributed by atoms with E-state index in [9.17, 15) is 14.4 Å². The summed E-state index contributed by atoms with van der Waals surface area (Å²) in [5.41, 5.74) is 0. The zero-order valence-corrected chi connectivity index (χ0v) is 49.1. The first kappa shape index (κ1) is 71.8. The molecule has 0 rings (SSSR count). The van der Waals surface area contributed by atoms with E-state index in [1.165, 1.54) is 38.5 Å². The second-order valence-corrected chi connectivity index (χ2v) is 19.5. The average Bonchev–Trinajstić information content (AvgIpc) is 3.43. The third-order valence-electron chi connectivity index (χ3n) is 12.2. The Morgan fingerprint density at radius 1 is 0.273 bits per heavy atom. The number of hydrogen-bond acceptors (Lipinski definition) is 6. The molecule has 0 N–H and O–H groups in total. The van der Waals surface area contributed by atoms with Crippen molar-refractivity contribution in [2.24, 2.45) is 0 Å². The lowest BCUT2D eigenvalue weighted by atomic mass is 10.1. The highest BCUT2D eigenvalue weighted by molar-refractivity contribution is 5.71. The van der Waals surface area contributed by atoms with Gasteiger partial charge in [-0.05, 0) is 148 Å². The van der Waals surface area contributed by atoms with Crippen LogP contribution in [-0.2, 0) is 28.6 Å². The molecular weight excluding hydrogens is 949 g/mol. The number of carbonyl (C=O) groups excluding carboxylic acids is 3. The van der Waals surface area contributed by atoms with Gasteiger partial charge in [0.05, 0.1) is 0 Å². The summed E-state index contributed by atoms with van der Waals surface area (Å²) in [4.78, 5) is 38.3. The molecule has 0 spiro atoms. The number of rotatable bonds is 53. The Hall–Kier alpha value is -5.23. The van der Waals surface area contributed by atoms with Crippen molar-refractivity contribution in [1.29, 1.82) is 0 Å². The van der Waals surface area contributed by atoms with Gasteiger partial charge in [0.15, 0.2) is 6.10 Å². The van der Waals surface area contributed by atoms with E-state index in [0.717, 1.165) is 154 Å². The Kier molecular flexibility index (Phi) is 59.0. The van der Waals surface area contributed by atoms with Crippen LogP contribution in [0.15, 0.2) is 170 Å². The fourth-order valence-electron chi connectivity index (χ4n) is 7.66. The Labute approximate surface area is 472 Å². The van der Waals surface area contributed by atoms with Gasteiger partial charge in [0.1, 0.15) is 13.2 Å². The van der Waals surface area contributed by atoms with Crippen LogP contribution in [0.2, 0.25) is 0 Å². The van der Waals surface area contributed by atoms with E-state index in [1.54, 1.807) is 0 Å². The smallest absolute Gasteiger partial charge is 0.306 e. The van der Waals surface area contributed by atoms with Crippen molar-refractivity contribution in [1.82, 2.24) is 0 Å². The molecule has 0 aromatic rings. The topological polar surface area (TPSA) is 78.9 Å². The van der Waals surface area contributed by atoms with Crippen LogP contribution < -0.4 is 0 Å². The molecule has 0 amide bonds. The molecule has 1 atom stereocenters. The van der Waals surface area contributed by atoms with Gasteiger partial charge in [-0.3, -0.25) is 14.4 Å². The standard InChI is InChI=1S/C71H110O6/c1-4-7-10-13-16-19-22-25-28-31-33-34-35-36-38-40-43-46-49-52-55-58-61-64-70(73)76-67-68(66-75-69(72)63-60-57-54-51-48-45-42-39-30-27-24-21-18-15-12-9-6-3)77-71(74)65-62-59-56-53-50-47-44-41-37-32-29-26-23-20-17-14-11-8-5-2/h7,9-10,12,16-21,25-30,33-34,36-38,41-43,45-46,52,55,68H,4-6,8,11,13-15,22-24,31-32,35,39-40,44,47-51,53-54,56-67H2,1-3H3/b10-7-,12-9-,19-16-,20-17-,21-18-,28-25-,29-26-,30-27-,34-33-,38-36-,41-37-,45-42-,46-43-,55-52-. The molecule has 0 saturated carbocycles. The van der Waals surface area contributed by atoms with Crippen LogP contribution in [0.3, 0.4) is 0 Å². The third kappa shape index (κ3) is 61.5. The molecule has 0 aromatic heterocycles. The highest BCUT2D eigenvalue weighted by atomic mass is 16.6. The number of allylic oxidation sites excluding steroid dienone is 28. The lowest BCUT2D eigenvalue weighted by Crippen LogP contribution is -2.30. The minimum Gasteiger partial charge on any atom is -0.462 e. The Balaban J connectivity index is 4.59. The minimum atomic E-state index is -0.830. The summed E-state index contributed by atoms with van der Waals surface area (Å²) in [6, 6.07) is 0. The van der Waals surface area contributed by atoms with Gasteiger partial charge in [-0.15, -0.1) is 0 Å². The molecular formula is C71H110O6. The van der Waals surface area contributed by atoms with Crippen LogP contribution in [0.4, 0.5) is 0 Å². The molecule has 0 radical (unpaired) electrons. The van der Waals surface area contributed by atoms with E-state index < -0.39 is 6.10 Å². The van der Waals surface area contributed by atoms with E-state index in [-0.39, 0.29) is 44.0 Å². The molecule has 6 heteroatoms. The summed E-state index contributed by atoms with van der Waals surface area (Å²) < 4.78 is 16.8. The summed E-state index contributed by atoms with van der Waals surface area (Å²) in [5, 5.41) is 0. The van der Waals surface area contributed by atoms with Gasteiger partial charge in [-0.2, -0.15) is 0 Å². The van der Waals surface area contributed by atoms with Crippen LogP contribution in [-0.4, -0.2) is 37.2 Å². The van der Waals surface area contributed by atoms with Crippen molar-refractivity contribution in [2.75, 3.05) is 13.2 Å². The number of esters is 3. The minimum absolute atomic E-state index is 0.123. The molecule has 6 nitrogen and oxygen atoms in total. The summed E-state index contributed by atoms with van der Waals surface area (Å²) in [6.45, 7) is 6.29. The average molecular weight is 1060 g/mol. The molecule has 0 aliphatic carbocycles. The lowest BCUT2D eigenvalue weighted by molar-refractivity contribution is -0.167. The predicted octanol–water partition coefficient (Wildman–Crippen LogP) is 21.1. The molecule has 0 aromatic carbocycles. The van der Waals surface area contributed by atoms with Gasteiger partial charge < -0.3 is 14.2 Å². The van der Waals surface area contributed by atoms with Gasteiger partial charge in [0.2, 0.25) is 0 Å². The van der Waals surface area contributed by atoms with Crippen LogP contribution in [0, 0.1) is 0 Å². The van der Waals surface area contributed by atoms with Gasteiger partial charge in [0, 0.05) is 19.3 Å². The Morgan fingerprint density at radius 3 is 0.844 bits per heavy atom. The Bertz CT molecular complexity index is 1790. The number of hydrogen-bond donors (Lipinski definition) is 0. The number of ether oxygens (including phenoxy) is 3. The third-order valence-corrected chi connectivity index (χ3v) is 12.2. The van der Waals surface area contributed by atoms with Crippen molar-refractivity contribution < 1.29 is 28.6 Å². The molecule has 430 valence electrons. The summed E-state index contributed by atoms with van der Waals surface area (Å²) in [5.74, 6) is -1.03. The maximum absolute atomic E-state index is 12.9. The zero-order valence-electron chi connectivity index (χ0n) is 49.1. The first-order valence-electron chi connectivity index (χ1n) is 30.6. The van der Waals surface area contributed by atoms with Crippen molar-refractivity contribution >= 4 is 17.9 Å². The molecule has 0 bridgehead atoms. The zero-order chi connectivity index (χ0) is 55.7.